The Morgan fingerprint density at radius 3 is 2.79 bits per heavy atom. The number of aliphatic hydroxyl groups is 1. The molecule has 0 saturated carbocycles. The summed E-state index contributed by atoms with van der Waals surface area (Å²) in [4.78, 5) is 0. The molecule has 24 heavy (non-hydrogen) atoms. The fraction of sp³-hybridized carbons (Fsp3) is 0.500. The molecule has 1 aromatic carbocycles. The number of benzene rings is 1. The Labute approximate surface area is 139 Å². The van der Waals surface area contributed by atoms with Gasteiger partial charge in [-0.25, -0.2) is 4.68 Å². The first kappa shape index (κ1) is 15.2. The minimum absolute atomic E-state index is 0.0344. The van der Waals surface area contributed by atoms with Gasteiger partial charge in [0.1, 0.15) is 5.52 Å². The maximum absolute atomic E-state index is 11.4. The number of fused-ring (bicyclic) bond motifs is 1. The summed E-state index contributed by atoms with van der Waals surface area (Å²) in [5.41, 5.74) is 2.57. The zero-order valence-corrected chi connectivity index (χ0v) is 14.0. The van der Waals surface area contributed by atoms with Crippen molar-refractivity contribution in [3.8, 4) is 0 Å². The van der Waals surface area contributed by atoms with Crippen molar-refractivity contribution in [2.75, 3.05) is 0 Å². The molecule has 1 aliphatic rings. The molecule has 0 unspecified atom stereocenters. The van der Waals surface area contributed by atoms with Crippen LogP contribution >= 0.6 is 0 Å². The lowest BCUT2D eigenvalue weighted by atomic mass is 9.78. The molecule has 1 aliphatic heterocycles. The predicted molar refractivity (Wildman–Crippen MR) is 88.0 cm³/mol. The van der Waals surface area contributed by atoms with Gasteiger partial charge in [0.2, 0.25) is 0 Å². The third kappa shape index (κ3) is 2.47. The van der Waals surface area contributed by atoms with Gasteiger partial charge in [0.15, 0.2) is 0 Å². The first-order valence-corrected chi connectivity index (χ1v) is 8.09. The normalized spacial score (nSPS) is 27.7. The van der Waals surface area contributed by atoms with Crippen molar-refractivity contribution in [2.45, 2.75) is 37.5 Å². The Bertz CT molecular complexity index is 886. The van der Waals surface area contributed by atoms with Crippen LogP contribution in [0.2, 0.25) is 0 Å². The standard InChI is InChI=1S/C16H21N7O/c1-10-7-16(24,8-13(17-10)14-9-22(2)20-19-14)11-4-5-12-15(6-11)23(3)21-18-12/h4-6,9-10,13,17,24H,7-8H2,1-3H3/t10-,13-,16-/m0/s1. The molecule has 2 aromatic heterocycles. The van der Waals surface area contributed by atoms with Crippen molar-refractivity contribution in [1.82, 2.24) is 35.3 Å². The Balaban J connectivity index is 1.72. The summed E-state index contributed by atoms with van der Waals surface area (Å²) in [7, 11) is 3.70. The van der Waals surface area contributed by atoms with Crippen LogP contribution in [-0.4, -0.2) is 41.1 Å². The van der Waals surface area contributed by atoms with E-state index in [0.717, 1.165) is 22.3 Å². The number of aromatic nitrogens is 6. The second kappa shape index (κ2) is 5.35. The lowest BCUT2D eigenvalue weighted by Crippen LogP contribution is -2.47. The van der Waals surface area contributed by atoms with Crippen LogP contribution in [0, 0.1) is 0 Å². The van der Waals surface area contributed by atoms with E-state index in [-0.39, 0.29) is 12.1 Å². The van der Waals surface area contributed by atoms with Crippen molar-refractivity contribution < 1.29 is 5.11 Å². The van der Waals surface area contributed by atoms with Crippen LogP contribution in [0.1, 0.15) is 37.1 Å². The van der Waals surface area contributed by atoms with Crippen LogP contribution in [0.5, 0.6) is 0 Å². The summed E-state index contributed by atoms with van der Waals surface area (Å²) in [6.07, 6.45) is 3.08. The summed E-state index contributed by atoms with van der Waals surface area (Å²) in [5.74, 6) is 0. The molecule has 126 valence electrons. The maximum Gasteiger partial charge on any atom is 0.113 e. The highest BCUT2D eigenvalue weighted by atomic mass is 16.3. The Morgan fingerprint density at radius 1 is 1.21 bits per heavy atom. The topological polar surface area (TPSA) is 93.7 Å². The van der Waals surface area contributed by atoms with Crippen LogP contribution < -0.4 is 5.32 Å². The Morgan fingerprint density at radius 2 is 2.04 bits per heavy atom. The highest BCUT2D eigenvalue weighted by Gasteiger charge is 2.40. The van der Waals surface area contributed by atoms with E-state index in [0.29, 0.717) is 12.8 Å². The molecule has 8 heteroatoms. The molecule has 0 spiro atoms. The quantitative estimate of drug-likeness (QED) is 0.723. The minimum atomic E-state index is -0.925. The van der Waals surface area contributed by atoms with E-state index in [1.54, 1.807) is 9.36 Å². The van der Waals surface area contributed by atoms with Gasteiger partial charge in [-0.05, 0) is 31.0 Å². The summed E-state index contributed by atoms with van der Waals surface area (Å²) in [5, 5.41) is 31.3. The van der Waals surface area contributed by atoms with E-state index in [1.807, 2.05) is 38.5 Å². The monoisotopic (exact) mass is 327 g/mol. The molecule has 3 aromatic rings. The van der Waals surface area contributed by atoms with Crippen molar-refractivity contribution >= 4 is 11.0 Å². The number of nitrogens with one attached hydrogen (secondary N) is 1. The third-order valence-corrected chi connectivity index (χ3v) is 4.80. The van der Waals surface area contributed by atoms with Gasteiger partial charge in [0.05, 0.1) is 22.9 Å². The highest BCUT2D eigenvalue weighted by Crippen LogP contribution is 2.40. The molecule has 0 amide bonds. The van der Waals surface area contributed by atoms with Crippen molar-refractivity contribution in [2.24, 2.45) is 14.1 Å². The number of rotatable bonds is 2. The predicted octanol–water partition coefficient (Wildman–Crippen LogP) is 0.798. The van der Waals surface area contributed by atoms with Crippen LogP contribution in [0.4, 0.5) is 0 Å². The summed E-state index contributed by atoms with van der Waals surface area (Å²) < 4.78 is 3.41. The Hall–Kier alpha value is -2.32. The number of aryl methyl sites for hydroxylation is 2. The van der Waals surface area contributed by atoms with Crippen molar-refractivity contribution in [3.63, 3.8) is 0 Å². The first-order valence-electron chi connectivity index (χ1n) is 8.09. The third-order valence-electron chi connectivity index (χ3n) is 4.80. The fourth-order valence-electron chi connectivity index (χ4n) is 3.66. The Kier molecular flexibility index (Phi) is 3.40. The summed E-state index contributed by atoms with van der Waals surface area (Å²) >= 11 is 0. The minimum Gasteiger partial charge on any atom is -0.385 e. The lowest BCUT2D eigenvalue weighted by molar-refractivity contribution is -0.0234. The first-order chi connectivity index (χ1) is 11.4. The van der Waals surface area contributed by atoms with E-state index in [2.05, 4.69) is 32.9 Å². The van der Waals surface area contributed by atoms with Crippen LogP contribution in [-0.2, 0) is 19.7 Å². The van der Waals surface area contributed by atoms with Crippen LogP contribution in [0.3, 0.4) is 0 Å². The molecule has 0 radical (unpaired) electrons. The number of hydrogen-bond acceptors (Lipinski definition) is 6. The second-order valence-corrected chi connectivity index (χ2v) is 6.79. The van der Waals surface area contributed by atoms with Gasteiger partial charge in [-0.2, -0.15) is 0 Å². The maximum atomic E-state index is 11.4. The molecule has 4 rings (SSSR count). The number of hydrogen-bond donors (Lipinski definition) is 2. The SMILES string of the molecule is C[C@H]1C[C@@](O)(c2ccc3nnn(C)c3c2)C[C@@H](c2cn(C)nn2)N1. The van der Waals surface area contributed by atoms with Gasteiger partial charge < -0.3 is 10.4 Å². The lowest BCUT2D eigenvalue weighted by Gasteiger charge is -2.40. The van der Waals surface area contributed by atoms with Gasteiger partial charge in [0, 0.05) is 32.8 Å². The van der Waals surface area contributed by atoms with E-state index >= 15 is 0 Å². The van der Waals surface area contributed by atoms with Crippen LogP contribution in [0.15, 0.2) is 24.4 Å². The number of piperidine rings is 1. The van der Waals surface area contributed by atoms with Crippen molar-refractivity contribution in [3.05, 3.63) is 35.7 Å². The highest BCUT2D eigenvalue weighted by molar-refractivity contribution is 5.75. The second-order valence-electron chi connectivity index (χ2n) is 6.79. The average Bonchev–Trinajstić information content (AvgIpc) is 3.13. The molecule has 0 aliphatic carbocycles. The molecule has 1 saturated heterocycles. The van der Waals surface area contributed by atoms with Gasteiger partial charge >= 0.3 is 0 Å². The zero-order chi connectivity index (χ0) is 16.9. The fourth-order valence-corrected chi connectivity index (χ4v) is 3.66. The largest absolute Gasteiger partial charge is 0.385 e. The van der Waals surface area contributed by atoms with Gasteiger partial charge in [-0.3, -0.25) is 4.68 Å². The molecular weight excluding hydrogens is 306 g/mol. The molecular formula is C16H21N7O. The smallest absolute Gasteiger partial charge is 0.113 e. The molecule has 0 bridgehead atoms. The molecule has 3 heterocycles. The summed E-state index contributed by atoms with van der Waals surface area (Å²) in [6.45, 7) is 2.08. The van der Waals surface area contributed by atoms with Gasteiger partial charge in [-0.1, -0.05) is 16.5 Å². The van der Waals surface area contributed by atoms with E-state index in [4.69, 9.17) is 0 Å². The average molecular weight is 327 g/mol. The molecule has 8 nitrogen and oxygen atoms in total. The van der Waals surface area contributed by atoms with Gasteiger partial charge in [0.25, 0.3) is 0 Å². The molecule has 3 atom stereocenters. The van der Waals surface area contributed by atoms with E-state index < -0.39 is 5.60 Å². The van der Waals surface area contributed by atoms with Gasteiger partial charge in [-0.15, -0.1) is 10.2 Å². The molecule has 1 fully saturated rings. The van der Waals surface area contributed by atoms with E-state index in [1.165, 1.54) is 0 Å². The van der Waals surface area contributed by atoms with Crippen LogP contribution in [0.25, 0.3) is 11.0 Å². The van der Waals surface area contributed by atoms with Crippen molar-refractivity contribution in [1.29, 1.82) is 0 Å². The number of nitrogens with zero attached hydrogens (tertiary/aromatic N) is 6. The molecule has 2 N–H and O–H groups in total. The summed E-state index contributed by atoms with van der Waals surface area (Å²) in [6, 6.07) is 5.98. The van der Waals surface area contributed by atoms with E-state index in [9.17, 15) is 5.11 Å². The zero-order valence-electron chi connectivity index (χ0n) is 14.0.